The average molecular weight is 472 g/mol. The molecular formula is C29H33N3O3. The number of aryl methyl sites for hydroxylation is 1. The molecule has 2 aromatic carbocycles. The number of carbonyl (C=O) groups excluding carboxylic acids is 3. The molecular weight excluding hydrogens is 438 g/mol. The highest BCUT2D eigenvalue weighted by molar-refractivity contribution is 6.15. The van der Waals surface area contributed by atoms with Gasteiger partial charge in [-0.2, -0.15) is 0 Å². The zero-order chi connectivity index (χ0) is 24.3. The van der Waals surface area contributed by atoms with E-state index in [1.807, 2.05) is 56.3 Å². The number of nitrogens with zero attached hydrogens (tertiary/aromatic N) is 1. The first-order valence-corrected chi connectivity index (χ1v) is 13.0. The van der Waals surface area contributed by atoms with Gasteiger partial charge in [0.2, 0.25) is 17.7 Å². The summed E-state index contributed by atoms with van der Waals surface area (Å²) in [6, 6.07) is 13.7. The molecule has 6 nitrogen and oxygen atoms in total. The summed E-state index contributed by atoms with van der Waals surface area (Å²) in [5.74, 6) is -1.76. The van der Waals surface area contributed by atoms with Gasteiger partial charge in [0.05, 0.1) is 11.8 Å². The van der Waals surface area contributed by atoms with Gasteiger partial charge in [0.15, 0.2) is 0 Å². The SMILES string of the molecule is Cc1ccc2c(c1C)NC(=O)[C@@]21N[C@@H](Cc2ccccc2)[C@H]2C(=O)N(C3CCCCCC3)C(=O)[C@H]21. The van der Waals surface area contributed by atoms with Crippen LogP contribution in [-0.2, 0) is 26.3 Å². The molecule has 2 saturated heterocycles. The standard InChI is InChI=1S/C29H33N3O3/c1-17-14-15-21-25(18(17)2)30-28(35)29(21)24-23(22(31-29)16-19-10-6-5-7-11-19)26(33)32(27(24)34)20-12-8-3-4-9-13-20/h5-7,10-11,14-15,20,22-24,31H,3-4,8-9,12-13,16H2,1-2H3,(H,30,35)/t22-,23+,24-,29+/m0/s1. The number of imide groups is 1. The highest BCUT2D eigenvalue weighted by Crippen LogP contribution is 2.54. The van der Waals surface area contributed by atoms with E-state index in [4.69, 9.17) is 0 Å². The van der Waals surface area contributed by atoms with E-state index in [1.165, 1.54) is 0 Å². The van der Waals surface area contributed by atoms with E-state index < -0.39 is 17.4 Å². The first-order chi connectivity index (χ1) is 16.9. The van der Waals surface area contributed by atoms with E-state index in [0.29, 0.717) is 6.42 Å². The number of carbonyl (C=O) groups is 3. The van der Waals surface area contributed by atoms with Crippen LogP contribution in [0.1, 0.15) is 60.8 Å². The molecule has 3 heterocycles. The normalized spacial score (nSPS) is 30.5. The summed E-state index contributed by atoms with van der Waals surface area (Å²) in [6.45, 7) is 4.02. The van der Waals surface area contributed by atoms with Crippen molar-refractivity contribution in [2.24, 2.45) is 11.8 Å². The second-order valence-corrected chi connectivity index (χ2v) is 10.8. The Morgan fingerprint density at radius 1 is 0.914 bits per heavy atom. The van der Waals surface area contributed by atoms with E-state index in [1.54, 1.807) is 4.90 Å². The Morgan fingerprint density at radius 2 is 1.63 bits per heavy atom. The fraction of sp³-hybridized carbons (Fsp3) is 0.483. The molecule has 3 amide bonds. The summed E-state index contributed by atoms with van der Waals surface area (Å²) in [6.07, 6.45) is 6.69. The van der Waals surface area contributed by atoms with Gasteiger partial charge in [-0.15, -0.1) is 0 Å². The quantitative estimate of drug-likeness (QED) is 0.524. The lowest BCUT2D eigenvalue weighted by molar-refractivity contribution is -0.145. The van der Waals surface area contributed by atoms with Crippen molar-refractivity contribution in [3.05, 3.63) is 64.7 Å². The Kier molecular flexibility index (Phi) is 5.33. The van der Waals surface area contributed by atoms with Crippen LogP contribution in [0.5, 0.6) is 0 Å². The number of hydrogen-bond acceptors (Lipinski definition) is 4. The Bertz CT molecular complexity index is 1200. The average Bonchev–Trinajstić information content (AvgIpc) is 3.31. The molecule has 3 fully saturated rings. The largest absolute Gasteiger partial charge is 0.324 e. The molecule has 4 aliphatic rings. The zero-order valence-corrected chi connectivity index (χ0v) is 20.5. The van der Waals surface area contributed by atoms with Crippen LogP contribution in [-0.4, -0.2) is 34.7 Å². The topological polar surface area (TPSA) is 78.5 Å². The van der Waals surface area contributed by atoms with Crippen molar-refractivity contribution >= 4 is 23.4 Å². The van der Waals surface area contributed by atoms with Gasteiger partial charge in [-0.3, -0.25) is 24.6 Å². The van der Waals surface area contributed by atoms with E-state index in [2.05, 4.69) is 10.6 Å². The number of amides is 3. The predicted octanol–water partition coefficient (Wildman–Crippen LogP) is 3.99. The van der Waals surface area contributed by atoms with Crippen molar-refractivity contribution in [1.82, 2.24) is 10.2 Å². The lowest BCUT2D eigenvalue weighted by Crippen LogP contribution is -2.54. The number of fused-ring (bicyclic) bond motifs is 4. The Balaban J connectivity index is 1.47. The van der Waals surface area contributed by atoms with Crippen LogP contribution >= 0.6 is 0 Å². The van der Waals surface area contributed by atoms with Crippen molar-refractivity contribution in [3.63, 3.8) is 0 Å². The minimum absolute atomic E-state index is 0.0544. The highest BCUT2D eigenvalue weighted by atomic mass is 16.2. The van der Waals surface area contributed by atoms with Gasteiger partial charge in [0, 0.05) is 23.3 Å². The number of anilines is 1. The molecule has 1 saturated carbocycles. The molecule has 1 aliphatic carbocycles. The second-order valence-electron chi connectivity index (χ2n) is 10.8. The van der Waals surface area contributed by atoms with Gasteiger partial charge in [0.25, 0.3) is 0 Å². The smallest absolute Gasteiger partial charge is 0.250 e. The maximum absolute atomic E-state index is 14.2. The van der Waals surface area contributed by atoms with Gasteiger partial charge in [-0.1, -0.05) is 68.1 Å². The van der Waals surface area contributed by atoms with Crippen molar-refractivity contribution in [2.75, 3.05) is 5.32 Å². The fourth-order valence-corrected chi connectivity index (χ4v) is 7.06. The van der Waals surface area contributed by atoms with Gasteiger partial charge in [0.1, 0.15) is 5.54 Å². The van der Waals surface area contributed by atoms with Gasteiger partial charge in [-0.25, -0.2) is 0 Å². The number of benzene rings is 2. The van der Waals surface area contributed by atoms with E-state index in [9.17, 15) is 14.4 Å². The van der Waals surface area contributed by atoms with Crippen molar-refractivity contribution in [3.8, 4) is 0 Å². The van der Waals surface area contributed by atoms with Crippen LogP contribution in [0.25, 0.3) is 0 Å². The van der Waals surface area contributed by atoms with Crippen LogP contribution in [0.3, 0.4) is 0 Å². The van der Waals surface area contributed by atoms with Crippen LogP contribution in [0.15, 0.2) is 42.5 Å². The third kappa shape index (κ3) is 3.22. The summed E-state index contributed by atoms with van der Waals surface area (Å²) < 4.78 is 0. The predicted molar refractivity (Wildman–Crippen MR) is 134 cm³/mol. The molecule has 3 aliphatic heterocycles. The molecule has 0 unspecified atom stereocenters. The molecule has 0 bridgehead atoms. The summed E-state index contributed by atoms with van der Waals surface area (Å²) in [4.78, 5) is 43.6. The van der Waals surface area contributed by atoms with Crippen LogP contribution < -0.4 is 10.6 Å². The number of nitrogens with one attached hydrogen (secondary N) is 2. The molecule has 4 atom stereocenters. The molecule has 2 N–H and O–H groups in total. The summed E-state index contributed by atoms with van der Waals surface area (Å²) in [5, 5.41) is 6.68. The molecule has 0 aromatic heterocycles. The summed E-state index contributed by atoms with van der Waals surface area (Å²) in [7, 11) is 0. The molecule has 6 heteroatoms. The third-order valence-electron chi connectivity index (χ3n) is 8.94. The van der Waals surface area contributed by atoms with Gasteiger partial charge >= 0.3 is 0 Å². The molecule has 2 aromatic rings. The van der Waals surface area contributed by atoms with Crippen LogP contribution in [0.4, 0.5) is 5.69 Å². The van der Waals surface area contributed by atoms with E-state index in [0.717, 1.165) is 66.5 Å². The van der Waals surface area contributed by atoms with Crippen LogP contribution in [0, 0.1) is 25.7 Å². The molecule has 1 spiro atoms. The number of likely N-dealkylation sites (tertiary alicyclic amines) is 1. The summed E-state index contributed by atoms with van der Waals surface area (Å²) >= 11 is 0. The lowest BCUT2D eigenvalue weighted by atomic mass is 9.75. The van der Waals surface area contributed by atoms with Crippen molar-refractivity contribution in [1.29, 1.82) is 0 Å². The Morgan fingerprint density at radius 3 is 2.34 bits per heavy atom. The minimum Gasteiger partial charge on any atom is -0.324 e. The Labute approximate surface area is 206 Å². The monoisotopic (exact) mass is 471 g/mol. The molecule has 35 heavy (non-hydrogen) atoms. The van der Waals surface area contributed by atoms with Crippen LogP contribution in [0.2, 0.25) is 0 Å². The highest BCUT2D eigenvalue weighted by Gasteiger charge is 2.70. The maximum Gasteiger partial charge on any atom is 0.250 e. The molecule has 6 rings (SSSR count). The lowest BCUT2D eigenvalue weighted by Gasteiger charge is -2.32. The minimum atomic E-state index is -1.22. The van der Waals surface area contributed by atoms with E-state index in [-0.39, 0.29) is 29.8 Å². The Hall–Kier alpha value is -2.99. The van der Waals surface area contributed by atoms with Crippen molar-refractivity contribution in [2.45, 2.75) is 76.4 Å². The van der Waals surface area contributed by atoms with E-state index >= 15 is 0 Å². The number of hydrogen-bond donors (Lipinski definition) is 2. The molecule has 182 valence electrons. The first-order valence-electron chi connectivity index (χ1n) is 13.0. The van der Waals surface area contributed by atoms with Gasteiger partial charge in [-0.05, 0) is 49.8 Å². The maximum atomic E-state index is 14.2. The summed E-state index contributed by atoms with van der Waals surface area (Å²) in [5.41, 5.74) is 3.56. The van der Waals surface area contributed by atoms with Crippen molar-refractivity contribution < 1.29 is 14.4 Å². The first kappa shape index (κ1) is 22.5. The third-order valence-corrected chi connectivity index (χ3v) is 8.94. The zero-order valence-electron chi connectivity index (χ0n) is 20.5. The molecule has 0 radical (unpaired) electrons. The second kappa shape index (κ2) is 8.30. The fourth-order valence-electron chi connectivity index (χ4n) is 7.06. The van der Waals surface area contributed by atoms with Gasteiger partial charge < -0.3 is 5.32 Å². The number of rotatable bonds is 3.